The molecule has 1 saturated heterocycles. The number of amides is 1. The maximum atomic E-state index is 12.2. The molecule has 2 atom stereocenters. The quantitative estimate of drug-likeness (QED) is 0.843. The van der Waals surface area contributed by atoms with E-state index in [1.807, 2.05) is 25.7 Å². The van der Waals surface area contributed by atoms with Gasteiger partial charge in [-0.3, -0.25) is 0 Å². The van der Waals surface area contributed by atoms with Crippen molar-refractivity contribution in [1.82, 2.24) is 15.1 Å². The normalized spacial score (nSPS) is 21.4. The highest BCUT2D eigenvalue weighted by atomic mass is 16.6. The first-order valence-corrected chi connectivity index (χ1v) is 8.97. The van der Waals surface area contributed by atoms with Crippen molar-refractivity contribution in [2.45, 2.75) is 71.6 Å². The summed E-state index contributed by atoms with van der Waals surface area (Å²) in [5, 5.41) is 3.81. The first-order valence-electron chi connectivity index (χ1n) is 8.97. The summed E-state index contributed by atoms with van der Waals surface area (Å²) in [5.74, 6) is 0.600. The number of rotatable bonds is 5. The molecule has 0 aromatic heterocycles. The van der Waals surface area contributed by atoms with Crippen LogP contribution in [0, 0.1) is 5.92 Å². The van der Waals surface area contributed by atoms with Crippen LogP contribution in [-0.4, -0.2) is 67.3 Å². The second-order valence-electron chi connectivity index (χ2n) is 8.37. The van der Waals surface area contributed by atoms with Gasteiger partial charge in [0, 0.05) is 31.7 Å². The Bertz CT molecular complexity index is 364. The number of carbonyl (C=O) groups excluding carboxylic acids is 1. The minimum Gasteiger partial charge on any atom is -0.444 e. The van der Waals surface area contributed by atoms with E-state index in [2.05, 4.69) is 38.2 Å². The molecule has 0 aromatic rings. The van der Waals surface area contributed by atoms with Crippen molar-refractivity contribution in [2.75, 3.05) is 33.7 Å². The van der Waals surface area contributed by atoms with Gasteiger partial charge in [-0.05, 0) is 60.0 Å². The first-order chi connectivity index (χ1) is 10.6. The molecule has 1 aliphatic heterocycles. The molecule has 0 bridgehead atoms. The monoisotopic (exact) mass is 327 g/mol. The van der Waals surface area contributed by atoms with Crippen LogP contribution < -0.4 is 5.32 Å². The average Bonchev–Trinajstić information content (AvgIpc) is 2.61. The summed E-state index contributed by atoms with van der Waals surface area (Å²) in [5.41, 5.74) is -0.421. The van der Waals surface area contributed by atoms with Gasteiger partial charge in [0.1, 0.15) is 5.60 Å². The van der Waals surface area contributed by atoms with Crippen molar-refractivity contribution in [1.29, 1.82) is 0 Å². The third-order valence-corrected chi connectivity index (χ3v) is 4.20. The minimum absolute atomic E-state index is 0.174. The zero-order valence-electron chi connectivity index (χ0n) is 16.2. The summed E-state index contributed by atoms with van der Waals surface area (Å²) in [6.07, 6.45) is 2.97. The lowest BCUT2D eigenvalue weighted by molar-refractivity contribution is 0.0255. The predicted octanol–water partition coefficient (Wildman–Crippen LogP) is 2.95. The Morgan fingerprint density at radius 3 is 2.43 bits per heavy atom. The van der Waals surface area contributed by atoms with Gasteiger partial charge in [0.25, 0.3) is 0 Å². The van der Waals surface area contributed by atoms with Gasteiger partial charge in [-0.15, -0.1) is 0 Å². The van der Waals surface area contributed by atoms with E-state index in [4.69, 9.17) is 4.74 Å². The molecule has 2 unspecified atom stereocenters. The van der Waals surface area contributed by atoms with Gasteiger partial charge in [0.05, 0.1) is 0 Å². The van der Waals surface area contributed by atoms with Crippen LogP contribution in [0.25, 0.3) is 0 Å². The van der Waals surface area contributed by atoms with E-state index in [0.29, 0.717) is 18.0 Å². The molecule has 1 aliphatic rings. The van der Waals surface area contributed by atoms with Crippen LogP contribution in [0.5, 0.6) is 0 Å². The highest BCUT2D eigenvalue weighted by Crippen LogP contribution is 2.17. The lowest BCUT2D eigenvalue weighted by Gasteiger charge is -2.30. The highest BCUT2D eigenvalue weighted by Gasteiger charge is 2.26. The SMILES string of the molecule is CC(C)C(CN(C)C)NC1CCCN(C(=O)OC(C)(C)C)CC1. The van der Waals surface area contributed by atoms with Crippen LogP contribution in [0.3, 0.4) is 0 Å². The zero-order valence-corrected chi connectivity index (χ0v) is 16.2. The Hall–Kier alpha value is -0.810. The molecule has 5 heteroatoms. The van der Waals surface area contributed by atoms with Crippen molar-refractivity contribution in [3.63, 3.8) is 0 Å². The maximum absolute atomic E-state index is 12.2. The second kappa shape index (κ2) is 8.88. The lowest BCUT2D eigenvalue weighted by atomic mass is 10.0. The van der Waals surface area contributed by atoms with Gasteiger partial charge in [-0.2, -0.15) is 0 Å². The van der Waals surface area contributed by atoms with Crippen LogP contribution in [0.4, 0.5) is 4.79 Å². The van der Waals surface area contributed by atoms with Crippen LogP contribution in [0.2, 0.25) is 0 Å². The molecule has 5 nitrogen and oxygen atoms in total. The van der Waals surface area contributed by atoms with Crippen molar-refractivity contribution < 1.29 is 9.53 Å². The Kier molecular flexibility index (Phi) is 7.81. The predicted molar refractivity (Wildman–Crippen MR) is 95.8 cm³/mol. The molecular weight excluding hydrogens is 290 g/mol. The number of nitrogens with one attached hydrogen (secondary N) is 1. The molecule has 1 fully saturated rings. The summed E-state index contributed by atoms with van der Waals surface area (Å²) in [4.78, 5) is 16.3. The Morgan fingerprint density at radius 1 is 1.26 bits per heavy atom. The van der Waals surface area contributed by atoms with E-state index in [0.717, 1.165) is 38.9 Å². The Morgan fingerprint density at radius 2 is 1.91 bits per heavy atom. The summed E-state index contributed by atoms with van der Waals surface area (Å²) in [7, 11) is 4.24. The summed E-state index contributed by atoms with van der Waals surface area (Å²) >= 11 is 0. The van der Waals surface area contributed by atoms with E-state index >= 15 is 0 Å². The summed E-state index contributed by atoms with van der Waals surface area (Å²) < 4.78 is 5.50. The van der Waals surface area contributed by atoms with Crippen LogP contribution in [0.15, 0.2) is 0 Å². The van der Waals surface area contributed by atoms with Crippen molar-refractivity contribution in [3.8, 4) is 0 Å². The smallest absolute Gasteiger partial charge is 0.410 e. The Balaban J connectivity index is 2.52. The molecule has 1 rings (SSSR count). The highest BCUT2D eigenvalue weighted by molar-refractivity contribution is 5.68. The lowest BCUT2D eigenvalue weighted by Crippen LogP contribution is -2.47. The minimum atomic E-state index is -0.421. The summed E-state index contributed by atoms with van der Waals surface area (Å²) in [6.45, 7) is 12.9. The molecule has 0 saturated carbocycles. The van der Waals surface area contributed by atoms with Crippen LogP contribution in [-0.2, 0) is 4.74 Å². The molecular formula is C18H37N3O2. The fraction of sp³-hybridized carbons (Fsp3) is 0.944. The zero-order chi connectivity index (χ0) is 17.6. The van der Waals surface area contributed by atoms with E-state index in [9.17, 15) is 4.79 Å². The van der Waals surface area contributed by atoms with E-state index in [1.165, 1.54) is 0 Å². The number of hydrogen-bond donors (Lipinski definition) is 1. The standard InChI is InChI=1S/C18H37N3O2/c1-14(2)16(13-20(6)7)19-15-9-8-11-21(12-10-15)17(22)23-18(3,4)5/h14-16,19H,8-13H2,1-7H3. The second-order valence-corrected chi connectivity index (χ2v) is 8.37. The molecule has 23 heavy (non-hydrogen) atoms. The fourth-order valence-electron chi connectivity index (χ4n) is 2.92. The largest absolute Gasteiger partial charge is 0.444 e. The van der Waals surface area contributed by atoms with Gasteiger partial charge < -0.3 is 19.9 Å². The number of likely N-dealkylation sites (tertiary alicyclic amines) is 1. The molecule has 0 radical (unpaired) electrons. The molecule has 1 amide bonds. The molecule has 136 valence electrons. The third-order valence-electron chi connectivity index (χ3n) is 4.20. The van der Waals surface area contributed by atoms with E-state index < -0.39 is 5.60 Å². The van der Waals surface area contributed by atoms with Gasteiger partial charge in [-0.1, -0.05) is 13.8 Å². The topological polar surface area (TPSA) is 44.8 Å². The molecule has 0 spiro atoms. The summed E-state index contributed by atoms with van der Waals surface area (Å²) in [6, 6.07) is 0.970. The molecule has 1 N–H and O–H groups in total. The van der Waals surface area contributed by atoms with Crippen molar-refractivity contribution in [3.05, 3.63) is 0 Å². The molecule has 1 heterocycles. The van der Waals surface area contributed by atoms with Gasteiger partial charge in [-0.25, -0.2) is 4.79 Å². The first kappa shape index (κ1) is 20.2. The third kappa shape index (κ3) is 8.02. The number of hydrogen-bond acceptors (Lipinski definition) is 4. The number of likely N-dealkylation sites (N-methyl/N-ethyl adjacent to an activating group) is 1. The molecule has 0 aliphatic carbocycles. The maximum Gasteiger partial charge on any atom is 0.410 e. The van der Waals surface area contributed by atoms with Crippen LogP contribution >= 0.6 is 0 Å². The van der Waals surface area contributed by atoms with Crippen LogP contribution in [0.1, 0.15) is 53.9 Å². The number of ether oxygens (including phenoxy) is 1. The molecule has 0 aromatic carbocycles. The van der Waals surface area contributed by atoms with Crippen molar-refractivity contribution >= 4 is 6.09 Å². The number of carbonyl (C=O) groups is 1. The van der Waals surface area contributed by atoms with E-state index in [1.54, 1.807) is 0 Å². The van der Waals surface area contributed by atoms with Gasteiger partial charge in [0.2, 0.25) is 0 Å². The fourth-order valence-corrected chi connectivity index (χ4v) is 2.92. The van der Waals surface area contributed by atoms with E-state index in [-0.39, 0.29) is 6.09 Å². The van der Waals surface area contributed by atoms with Crippen molar-refractivity contribution in [2.24, 2.45) is 5.92 Å². The number of nitrogens with zero attached hydrogens (tertiary/aromatic N) is 2. The average molecular weight is 328 g/mol. The van der Waals surface area contributed by atoms with Gasteiger partial charge >= 0.3 is 6.09 Å². The Labute approximate surface area is 142 Å². The van der Waals surface area contributed by atoms with Gasteiger partial charge in [0.15, 0.2) is 0 Å².